The van der Waals surface area contributed by atoms with E-state index in [1.54, 1.807) is 0 Å². The fraction of sp³-hybridized carbons (Fsp3) is 0.980. The van der Waals surface area contributed by atoms with Crippen LogP contribution in [0.15, 0.2) is 0 Å². The van der Waals surface area contributed by atoms with E-state index in [2.05, 4.69) is 22.9 Å². The van der Waals surface area contributed by atoms with Crippen molar-refractivity contribution >= 4 is 17.7 Å². The highest BCUT2D eigenvalue weighted by molar-refractivity contribution is 7.98. The second-order valence-corrected chi connectivity index (χ2v) is 20.7. The molecule has 0 bridgehead atoms. The van der Waals surface area contributed by atoms with Gasteiger partial charge < -0.3 is 5.11 Å². The summed E-state index contributed by atoms with van der Waals surface area (Å²) in [6, 6.07) is 0.845. The van der Waals surface area contributed by atoms with E-state index in [1.807, 2.05) is 0 Å². The minimum Gasteiger partial charge on any atom is -0.480 e. The van der Waals surface area contributed by atoms with Gasteiger partial charge in [-0.25, -0.2) is 0 Å². The molecule has 0 unspecified atom stereocenters. The van der Waals surface area contributed by atoms with Crippen molar-refractivity contribution in [2.45, 2.75) is 274 Å². The minimum atomic E-state index is -0.783. The Balaban J connectivity index is 1.84. The van der Waals surface area contributed by atoms with E-state index in [1.165, 1.54) is 244 Å². The topological polar surface area (TPSA) is 40.5 Å². The van der Waals surface area contributed by atoms with Crippen LogP contribution in [0.4, 0.5) is 0 Å². The van der Waals surface area contributed by atoms with Gasteiger partial charge in [-0.1, -0.05) is 193 Å². The maximum atomic E-state index is 16.0. The van der Waals surface area contributed by atoms with Crippen LogP contribution in [0, 0.1) is 23.2 Å². The first-order valence-electron chi connectivity index (χ1n) is 25.2. The van der Waals surface area contributed by atoms with Crippen LogP contribution in [0.5, 0.6) is 0 Å². The average molecular weight is 770 g/mol. The monoisotopic (exact) mass is 770 g/mol. The van der Waals surface area contributed by atoms with Gasteiger partial charge in [0.2, 0.25) is 0 Å². The smallest absolute Gasteiger partial charge is 0.325 e. The number of hydrogen-bond donors (Lipinski definition) is 1. The van der Waals surface area contributed by atoms with Gasteiger partial charge in [-0.05, 0) is 88.2 Å². The molecule has 1 atom stereocenters. The number of aliphatic carboxylic acids is 1. The number of carbonyl (C=O) groups is 1. The lowest BCUT2D eigenvalue weighted by Gasteiger charge is -2.66. The SMILES string of the molecule is CSCC(C1CCCCCCCC1)(C1CCCCCCCC1)[C@](C(=O)O)(C1CCCCCCCC1)N(C1CCCCCCCC1)C1CCCCCCCC1. The number of carboxylic acids is 1. The summed E-state index contributed by atoms with van der Waals surface area (Å²) in [5, 5.41) is 13.1. The fourth-order valence-corrected chi connectivity index (χ4v) is 15.0. The second-order valence-electron chi connectivity index (χ2n) is 19.8. The van der Waals surface area contributed by atoms with Crippen LogP contribution < -0.4 is 0 Å². The van der Waals surface area contributed by atoms with Crippen molar-refractivity contribution in [1.82, 2.24) is 4.90 Å². The van der Waals surface area contributed by atoms with Crippen LogP contribution in [0.1, 0.15) is 257 Å². The van der Waals surface area contributed by atoms with E-state index in [-0.39, 0.29) is 17.3 Å². The zero-order valence-corrected chi connectivity index (χ0v) is 36.9. The molecule has 0 aromatic heterocycles. The molecular formula is C50H91NO2S. The maximum Gasteiger partial charge on any atom is 0.325 e. The van der Waals surface area contributed by atoms with E-state index in [4.69, 9.17) is 0 Å². The Labute approximate surface area is 340 Å². The lowest BCUT2D eigenvalue weighted by molar-refractivity contribution is -0.203. The molecule has 5 saturated carbocycles. The lowest BCUT2D eigenvalue weighted by atomic mass is 9.47. The van der Waals surface area contributed by atoms with Crippen molar-refractivity contribution in [3.63, 3.8) is 0 Å². The van der Waals surface area contributed by atoms with Crippen LogP contribution in [-0.4, -0.2) is 45.6 Å². The summed E-state index contributed by atoms with van der Waals surface area (Å²) in [6.45, 7) is 0. The van der Waals surface area contributed by atoms with Crippen LogP contribution in [-0.2, 0) is 4.79 Å². The minimum absolute atomic E-state index is 0.192. The zero-order valence-electron chi connectivity index (χ0n) is 36.1. The highest BCUT2D eigenvalue weighted by Crippen LogP contribution is 2.62. The molecule has 0 amide bonds. The third kappa shape index (κ3) is 11.9. The van der Waals surface area contributed by atoms with Crippen LogP contribution in [0.3, 0.4) is 0 Å². The number of hydrogen-bond acceptors (Lipinski definition) is 3. The van der Waals surface area contributed by atoms with Crippen LogP contribution in [0.2, 0.25) is 0 Å². The zero-order chi connectivity index (χ0) is 37.7. The summed E-state index contributed by atoms with van der Waals surface area (Å²) in [4.78, 5) is 19.1. The molecule has 0 aromatic carbocycles. The highest BCUT2D eigenvalue weighted by atomic mass is 32.2. The standard InChI is InChI=1S/C50H91NO2S/c1-54-42-49(43-32-22-12-2-3-13-23-33-43,44-34-24-14-4-5-15-25-35-44)50(48(52)53,45-36-26-16-6-7-17-27-37-45)51(46-38-28-18-8-9-19-29-39-46)47-40-30-20-10-11-21-31-41-47/h43-47H,2-42H2,1H3,(H,52,53)/t50-/m1/s1. The summed E-state index contributed by atoms with van der Waals surface area (Å²) < 4.78 is 0. The van der Waals surface area contributed by atoms with Gasteiger partial charge in [-0.15, -0.1) is 0 Å². The van der Waals surface area contributed by atoms with Crippen LogP contribution in [0.25, 0.3) is 0 Å². The Morgan fingerprint density at radius 2 is 0.667 bits per heavy atom. The molecule has 0 spiro atoms. The summed E-state index contributed by atoms with van der Waals surface area (Å²) in [5.41, 5.74) is -0.974. The number of thioether (sulfide) groups is 1. The first-order valence-corrected chi connectivity index (χ1v) is 26.6. The molecule has 1 N–H and O–H groups in total. The van der Waals surface area contributed by atoms with Gasteiger partial charge in [-0.2, -0.15) is 11.8 Å². The molecule has 0 aliphatic heterocycles. The van der Waals surface area contributed by atoms with Gasteiger partial charge in [0.05, 0.1) is 0 Å². The Hall–Kier alpha value is -0.220. The summed E-state index contributed by atoms with van der Waals surface area (Å²) in [6.07, 6.45) is 54.9. The molecule has 0 radical (unpaired) electrons. The first-order chi connectivity index (χ1) is 26.7. The van der Waals surface area contributed by atoms with Crippen molar-refractivity contribution in [2.24, 2.45) is 23.2 Å². The van der Waals surface area contributed by atoms with Gasteiger partial charge >= 0.3 is 5.97 Å². The molecule has 5 aliphatic carbocycles. The second kappa shape index (κ2) is 25.3. The van der Waals surface area contributed by atoms with Crippen molar-refractivity contribution in [1.29, 1.82) is 0 Å². The fourth-order valence-electron chi connectivity index (χ4n) is 13.9. The van der Waals surface area contributed by atoms with Crippen molar-refractivity contribution in [3.8, 4) is 0 Å². The molecule has 314 valence electrons. The van der Waals surface area contributed by atoms with Gasteiger partial charge in [0.25, 0.3) is 0 Å². The van der Waals surface area contributed by atoms with Crippen LogP contribution >= 0.6 is 11.8 Å². The maximum absolute atomic E-state index is 16.0. The van der Waals surface area contributed by atoms with E-state index < -0.39 is 5.54 Å². The Morgan fingerprint density at radius 3 is 0.926 bits per heavy atom. The normalized spacial score (nSPS) is 26.9. The molecule has 0 saturated heterocycles. The predicted octanol–water partition coefficient (Wildman–Crippen LogP) is 15.7. The Bertz CT molecular complexity index is 903. The third-order valence-corrected chi connectivity index (χ3v) is 17.1. The molecule has 3 nitrogen and oxygen atoms in total. The molecule has 5 rings (SSSR count). The number of carboxylic acid groups (broad SMARTS) is 1. The van der Waals surface area contributed by atoms with Crippen molar-refractivity contribution in [3.05, 3.63) is 0 Å². The van der Waals surface area contributed by atoms with E-state index in [9.17, 15) is 5.11 Å². The molecule has 54 heavy (non-hydrogen) atoms. The molecule has 0 aromatic rings. The molecular weight excluding hydrogens is 679 g/mol. The molecule has 0 heterocycles. The average Bonchev–Trinajstić information content (AvgIpc) is 3.60. The van der Waals surface area contributed by atoms with Gasteiger partial charge in [0.15, 0.2) is 0 Å². The van der Waals surface area contributed by atoms with E-state index in [0.29, 0.717) is 23.9 Å². The van der Waals surface area contributed by atoms with Gasteiger partial charge in [-0.3, -0.25) is 9.69 Å². The number of nitrogens with zero attached hydrogens (tertiary/aromatic N) is 1. The third-order valence-electron chi connectivity index (χ3n) is 16.4. The van der Waals surface area contributed by atoms with Gasteiger partial charge in [0.1, 0.15) is 5.54 Å². The first kappa shape index (κ1) is 44.9. The van der Waals surface area contributed by atoms with Crippen molar-refractivity contribution in [2.75, 3.05) is 12.0 Å². The van der Waals surface area contributed by atoms with E-state index >= 15 is 4.79 Å². The summed E-state index contributed by atoms with van der Waals surface area (Å²) >= 11 is 2.09. The molecule has 4 heteroatoms. The largest absolute Gasteiger partial charge is 0.480 e. The predicted molar refractivity (Wildman–Crippen MR) is 236 cm³/mol. The Morgan fingerprint density at radius 1 is 0.426 bits per heavy atom. The summed E-state index contributed by atoms with van der Waals surface area (Å²) in [7, 11) is 0. The summed E-state index contributed by atoms with van der Waals surface area (Å²) in [5.74, 6) is 2.04. The van der Waals surface area contributed by atoms with Gasteiger partial charge in [0, 0.05) is 23.3 Å². The van der Waals surface area contributed by atoms with Crippen molar-refractivity contribution < 1.29 is 9.90 Å². The quantitative estimate of drug-likeness (QED) is 0.240. The van der Waals surface area contributed by atoms with E-state index in [0.717, 1.165) is 18.6 Å². The lowest BCUT2D eigenvalue weighted by Crippen LogP contribution is -2.77. The molecule has 5 fully saturated rings. The Kier molecular flexibility index (Phi) is 21.0. The molecule has 5 aliphatic rings. The number of rotatable bonds is 10. The highest BCUT2D eigenvalue weighted by Gasteiger charge is 2.69.